The number of benzene rings is 2. The van der Waals surface area contributed by atoms with Gasteiger partial charge in [-0.2, -0.15) is 0 Å². The maximum atomic E-state index is 13.1. The lowest BCUT2D eigenvalue weighted by Crippen LogP contribution is -2.45. The summed E-state index contributed by atoms with van der Waals surface area (Å²) in [5, 5.41) is 3.07. The summed E-state index contributed by atoms with van der Waals surface area (Å²) in [6.45, 7) is 6.38. The molecule has 4 rings (SSSR count). The van der Waals surface area contributed by atoms with Gasteiger partial charge < -0.3 is 14.8 Å². The maximum absolute atomic E-state index is 13.1. The second-order valence-corrected chi connectivity index (χ2v) is 7.97. The highest BCUT2D eigenvalue weighted by atomic mass is 16.2. The molecule has 1 aliphatic rings. The first-order valence-electron chi connectivity index (χ1n) is 10.6. The van der Waals surface area contributed by atoms with Crippen LogP contribution in [0.5, 0.6) is 0 Å². The number of nitrogens with one attached hydrogen (secondary N) is 1. The predicted octanol–water partition coefficient (Wildman–Crippen LogP) is 3.26. The first kappa shape index (κ1) is 20.1. The van der Waals surface area contributed by atoms with Crippen LogP contribution in [0.2, 0.25) is 0 Å². The third-order valence-corrected chi connectivity index (χ3v) is 5.79. The fraction of sp³-hybridized carbons (Fsp3) is 0.375. The van der Waals surface area contributed by atoms with E-state index in [-0.39, 0.29) is 17.4 Å². The summed E-state index contributed by atoms with van der Waals surface area (Å²) in [7, 11) is 0. The van der Waals surface area contributed by atoms with Crippen molar-refractivity contribution in [2.45, 2.75) is 39.8 Å². The number of amides is 1. The summed E-state index contributed by atoms with van der Waals surface area (Å²) in [6.07, 6.45) is 1.69. The standard InChI is InChI=1S/C24H28N4O2/c1-3-28-21-12-5-4-11-20(21)26-22(24(28)30)27-13-7-10-19(16-27)23(29)25-15-18-9-6-8-17(2)14-18/h4-6,8-9,11-12,14,19H,3,7,10,13,15-16H2,1-2H3,(H,25,29). The zero-order valence-electron chi connectivity index (χ0n) is 17.6. The van der Waals surface area contributed by atoms with Crippen LogP contribution in [0.3, 0.4) is 0 Å². The molecule has 1 amide bonds. The zero-order chi connectivity index (χ0) is 21.1. The first-order valence-corrected chi connectivity index (χ1v) is 10.6. The third-order valence-electron chi connectivity index (χ3n) is 5.79. The van der Waals surface area contributed by atoms with E-state index in [4.69, 9.17) is 0 Å². The van der Waals surface area contributed by atoms with Gasteiger partial charge in [0.15, 0.2) is 5.82 Å². The smallest absolute Gasteiger partial charge is 0.293 e. The second kappa shape index (κ2) is 8.69. The molecule has 0 saturated carbocycles. The third kappa shape index (κ3) is 4.08. The summed E-state index contributed by atoms with van der Waals surface area (Å²) in [6, 6.07) is 15.9. The van der Waals surface area contributed by atoms with Gasteiger partial charge in [-0.05, 0) is 44.4 Å². The number of nitrogens with zero attached hydrogens (tertiary/aromatic N) is 3. The Morgan fingerprint density at radius 3 is 2.83 bits per heavy atom. The largest absolute Gasteiger partial charge is 0.352 e. The molecule has 0 bridgehead atoms. The van der Waals surface area contributed by atoms with Gasteiger partial charge in [-0.25, -0.2) is 4.98 Å². The van der Waals surface area contributed by atoms with Crippen molar-refractivity contribution >= 4 is 22.8 Å². The van der Waals surface area contributed by atoms with Gasteiger partial charge in [-0.3, -0.25) is 9.59 Å². The van der Waals surface area contributed by atoms with Crippen LogP contribution in [-0.4, -0.2) is 28.5 Å². The van der Waals surface area contributed by atoms with E-state index >= 15 is 0 Å². The van der Waals surface area contributed by atoms with E-state index in [1.54, 1.807) is 4.57 Å². The van der Waals surface area contributed by atoms with Crippen LogP contribution in [0.25, 0.3) is 11.0 Å². The Kier molecular flexibility index (Phi) is 5.84. The molecule has 1 aliphatic heterocycles. The van der Waals surface area contributed by atoms with Gasteiger partial charge in [-0.1, -0.05) is 42.0 Å². The number of carbonyl (C=O) groups is 1. The number of hydrogen-bond acceptors (Lipinski definition) is 4. The summed E-state index contributed by atoms with van der Waals surface area (Å²) < 4.78 is 1.76. The number of rotatable bonds is 5. The predicted molar refractivity (Wildman–Crippen MR) is 120 cm³/mol. The highest BCUT2D eigenvalue weighted by molar-refractivity contribution is 5.80. The van der Waals surface area contributed by atoms with Crippen molar-refractivity contribution < 1.29 is 4.79 Å². The van der Waals surface area contributed by atoms with Gasteiger partial charge in [0.1, 0.15) is 0 Å². The number of aromatic nitrogens is 2. The summed E-state index contributed by atoms with van der Waals surface area (Å²) in [5.41, 5.74) is 3.84. The molecule has 2 heterocycles. The number of para-hydroxylation sites is 2. The lowest BCUT2D eigenvalue weighted by atomic mass is 9.97. The molecule has 2 aromatic carbocycles. The van der Waals surface area contributed by atoms with Crippen LogP contribution in [0.1, 0.15) is 30.9 Å². The van der Waals surface area contributed by atoms with Gasteiger partial charge in [0.05, 0.1) is 17.0 Å². The van der Waals surface area contributed by atoms with E-state index in [1.807, 2.05) is 61.2 Å². The molecule has 1 unspecified atom stereocenters. The molecular formula is C24H28N4O2. The minimum atomic E-state index is -0.147. The molecule has 30 heavy (non-hydrogen) atoms. The summed E-state index contributed by atoms with van der Waals surface area (Å²) in [5.74, 6) is 0.343. The van der Waals surface area contributed by atoms with Crippen LogP contribution < -0.4 is 15.8 Å². The topological polar surface area (TPSA) is 67.2 Å². The van der Waals surface area contributed by atoms with Gasteiger partial charge in [-0.15, -0.1) is 0 Å². The number of aryl methyl sites for hydroxylation is 2. The molecule has 1 saturated heterocycles. The van der Waals surface area contributed by atoms with E-state index < -0.39 is 0 Å². The van der Waals surface area contributed by atoms with Crippen LogP contribution in [0.15, 0.2) is 53.3 Å². The number of anilines is 1. The molecule has 1 atom stereocenters. The molecule has 0 radical (unpaired) electrons. The fourth-order valence-electron chi connectivity index (χ4n) is 4.24. The maximum Gasteiger partial charge on any atom is 0.293 e. The second-order valence-electron chi connectivity index (χ2n) is 7.97. The normalized spacial score (nSPS) is 16.6. The molecule has 6 heteroatoms. The SMILES string of the molecule is CCn1c(=O)c(N2CCCC(C(=O)NCc3cccc(C)c3)C2)nc2ccccc21. The van der Waals surface area contributed by atoms with Gasteiger partial charge in [0, 0.05) is 26.2 Å². The molecule has 156 valence electrons. The van der Waals surface area contributed by atoms with E-state index in [0.29, 0.717) is 25.5 Å². The van der Waals surface area contributed by atoms with Gasteiger partial charge >= 0.3 is 0 Å². The van der Waals surface area contributed by atoms with Crippen molar-refractivity contribution in [2.75, 3.05) is 18.0 Å². The Hall–Kier alpha value is -3.15. The van der Waals surface area contributed by atoms with Crippen molar-refractivity contribution in [1.82, 2.24) is 14.9 Å². The summed E-state index contributed by atoms with van der Waals surface area (Å²) >= 11 is 0. The molecule has 0 aliphatic carbocycles. The highest BCUT2D eigenvalue weighted by Gasteiger charge is 2.28. The van der Waals surface area contributed by atoms with Crippen molar-refractivity contribution in [3.63, 3.8) is 0 Å². The molecular weight excluding hydrogens is 376 g/mol. The molecule has 6 nitrogen and oxygen atoms in total. The average molecular weight is 405 g/mol. The van der Waals surface area contributed by atoms with Crippen LogP contribution in [-0.2, 0) is 17.9 Å². The molecule has 1 aromatic heterocycles. The fourth-order valence-corrected chi connectivity index (χ4v) is 4.24. The number of hydrogen-bond donors (Lipinski definition) is 1. The summed E-state index contributed by atoms with van der Waals surface area (Å²) in [4.78, 5) is 32.6. The molecule has 1 N–H and O–H groups in total. The Labute approximate surface area is 176 Å². The van der Waals surface area contributed by atoms with Crippen LogP contribution in [0.4, 0.5) is 5.82 Å². The van der Waals surface area contributed by atoms with Crippen LogP contribution >= 0.6 is 0 Å². The Bertz CT molecular complexity index is 1120. The minimum Gasteiger partial charge on any atom is -0.352 e. The van der Waals surface area contributed by atoms with Gasteiger partial charge in [0.2, 0.25) is 5.91 Å². The van der Waals surface area contributed by atoms with Gasteiger partial charge in [0.25, 0.3) is 5.56 Å². The average Bonchev–Trinajstić information content (AvgIpc) is 2.77. The lowest BCUT2D eigenvalue weighted by molar-refractivity contribution is -0.125. The highest BCUT2D eigenvalue weighted by Crippen LogP contribution is 2.22. The van der Waals surface area contributed by atoms with Crippen molar-refractivity contribution in [2.24, 2.45) is 5.92 Å². The number of piperidine rings is 1. The monoisotopic (exact) mass is 404 g/mol. The van der Waals surface area contributed by atoms with E-state index in [0.717, 1.165) is 36.0 Å². The number of fused-ring (bicyclic) bond motifs is 1. The Balaban J connectivity index is 1.52. The molecule has 1 fully saturated rings. The molecule has 0 spiro atoms. The Morgan fingerprint density at radius 2 is 2.03 bits per heavy atom. The van der Waals surface area contributed by atoms with Crippen molar-refractivity contribution in [3.05, 3.63) is 70.0 Å². The first-order chi connectivity index (χ1) is 14.6. The quantitative estimate of drug-likeness (QED) is 0.709. The van der Waals surface area contributed by atoms with E-state index in [9.17, 15) is 9.59 Å². The van der Waals surface area contributed by atoms with Crippen LogP contribution in [0, 0.1) is 12.8 Å². The number of carbonyl (C=O) groups excluding carboxylic acids is 1. The lowest BCUT2D eigenvalue weighted by Gasteiger charge is -2.32. The van der Waals surface area contributed by atoms with E-state index in [1.165, 1.54) is 5.56 Å². The van der Waals surface area contributed by atoms with Crippen molar-refractivity contribution in [3.8, 4) is 0 Å². The van der Waals surface area contributed by atoms with E-state index in [2.05, 4.69) is 16.4 Å². The van der Waals surface area contributed by atoms with Crippen molar-refractivity contribution in [1.29, 1.82) is 0 Å². The molecule has 3 aromatic rings. The minimum absolute atomic E-state index is 0.0396. The zero-order valence-corrected chi connectivity index (χ0v) is 17.6. The Morgan fingerprint density at radius 1 is 1.20 bits per heavy atom.